The van der Waals surface area contributed by atoms with E-state index in [1.54, 1.807) is 23.9 Å². The molecular weight excluding hydrogens is 513 g/mol. The lowest BCUT2D eigenvalue weighted by Gasteiger charge is -2.17. The molecule has 2 aromatic rings. The van der Waals surface area contributed by atoms with Gasteiger partial charge in [0.1, 0.15) is 20.4 Å². The summed E-state index contributed by atoms with van der Waals surface area (Å²) in [5, 5.41) is 10.0. The smallest absolute Gasteiger partial charge is 0.323 e. The minimum atomic E-state index is -1.16. The van der Waals surface area contributed by atoms with Crippen LogP contribution in [0.5, 0.6) is 0 Å². The number of hydrogen-bond donors (Lipinski definition) is 1. The highest BCUT2D eigenvalue weighted by atomic mass is 32.2. The molecule has 2 aliphatic heterocycles. The van der Waals surface area contributed by atoms with Crippen molar-refractivity contribution < 1.29 is 14.7 Å². The lowest BCUT2D eigenvalue weighted by Crippen LogP contribution is -2.35. The van der Waals surface area contributed by atoms with Gasteiger partial charge in [-0.05, 0) is 32.1 Å². The van der Waals surface area contributed by atoms with Crippen LogP contribution in [0.15, 0.2) is 39.0 Å². The summed E-state index contributed by atoms with van der Waals surface area (Å²) in [7, 11) is 0. The number of aliphatic carboxylic acids is 1. The second kappa shape index (κ2) is 9.79. The third kappa shape index (κ3) is 4.32. The number of thiazole rings is 1. The van der Waals surface area contributed by atoms with Crippen molar-refractivity contribution in [2.75, 3.05) is 18.0 Å². The molecule has 34 heavy (non-hydrogen) atoms. The molecule has 1 N–H and O–H groups in total. The minimum absolute atomic E-state index is 0.163. The van der Waals surface area contributed by atoms with Crippen LogP contribution in [0.1, 0.15) is 13.8 Å². The van der Waals surface area contributed by atoms with E-state index < -0.39 is 18.4 Å². The van der Waals surface area contributed by atoms with Crippen molar-refractivity contribution in [3.05, 3.63) is 60.3 Å². The normalized spacial score (nSPS) is 18.7. The standard InChI is InChI=1S/C22H18N4O4S4/c1-4-24-13-10-12(23-3)6-7-14(13)32-16(24)9-8-15-19(29)25(5-2)21(33-15)18-20(30)26(11-17(27)28)22(31)34-18/h6-10H,4-5,11H2,1-2H3,(H,27,28). The zero-order chi connectivity index (χ0) is 24.6. The fraction of sp³-hybridized carbons (Fsp3) is 0.227. The molecule has 3 heterocycles. The number of rotatable bonds is 5. The Labute approximate surface area is 212 Å². The highest BCUT2D eigenvalue weighted by molar-refractivity contribution is 8.30. The lowest BCUT2D eigenvalue weighted by molar-refractivity contribution is -0.140. The van der Waals surface area contributed by atoms with E-state index in [1.807, 2.05) is 32.1 Å². The summed E-state index contributed by atoms with van der Waals surface area (Å²) in [6.45, 7) is 11.6. The number of carboxylic acids is 1. The van der Waals surface area contributed by atoms with Gasteiger partial charge in [-0.2, -0.15) is 0 Å². The lowest BCUT2D eigenvalue weighted by atomic mass is 10.2. The van der Waals surface area contributed by atoms with Gasteiger partial charge in [0, 0.05) is 23.7 Å². The zero-order valence-electron chi connectivity index (χ0n) is 18.1. The third-order valence-corrected chi connectivity index (χ3v) is 8.94. The van der Waals surface area contributed by atoms with E-state index in [-0.39, 0.29) is 14.8 Å². The summed E-state index contributed by atoms with van der Waals surface area (Å²) in [4.78, 5) is 44.9. The molecule has 0 unspecified atom stereocenters. The fourth-order valence-corrected chi connectivity index (χ4v) is 7.17. The van der Waals surface area contributed by atoms with Gasteiger partial charge in [0.2, 0.25) is 0 Å². The topological polar surface area (TPSA) is 87.2 Å². The van der Waals surface area contributed by atoms with Crippen LogP contribution in [-0.4, -0.2) is 43.9 Å². The number of allylic oxidation sites excluding steroid dienone is 1. The number of thiocarbonyl (C=S) groups is 1. The number of carbonyl (C=O) groups excluding carboxylic acids is 1. The number of anilines is 1. The molecule has 0 aliphatic carbocycles. The van der Waals surface area contributed by atoms with Crippen molar-refractivity contribution in [3.63, 3.8) is 0 Å². The average Bonchev–Trinajstić information content (AvgIpc) is 3.42. The Balaban J connectivity index is 1.78. The molecule has 1 amide bonds. The van der Waals surface area contributed by atoms with E-state index in [2.05, 4.69) is 9.74 Å². The van der Waals surface area contributed by atoms with Gasteiger partial charge in [-0.1, -0.05) is 47.9 Å². The van der Waals surface area contributed by atoms with Crippen LogP contribution in [0, 0.1) is 6.57 Å². The summed E-state index contributed by atoms with van der Waals surface area (Å²) >= 11 is 8.96. The Morgan fingerprint density at radius 3 is 2.59 bits per heavy atom. The first-order chi connectivity index (χ1) is 16.3. The number of fused-ring (bicyclic) bond motifs is 1. The fourth-order valence-electron chi connectivity index (χ4n) is 3.54. The number of thioether (sulfide) groups is 2. The number of amides is 1. The molecule has 0 bridgehead atoms. The van der Waals surface area contributed by atoms with Crippen LogP contribution in [0.2, 0.25) is 0 Å². The first kappa shape index (κ1) is 24.3. The predicted molar refractivity (Wildman–Crippen MR) is 141 cm³/mol. The number of aromatic nitrogens is 1. The number of hydrogen-bond acceptors (Lipinski definition) is 8. The summed E-state index contributed by atoms with van der Waals surface area (Å²) < 4.78 is 2.61. The molecule has 0 atom stereocenters. The molecule has 0 spiro atoms. The quantitative estimate of drug-likeness (QED) is 0.467. The highest BCUT2D eigenvalue weighted by Gasteiger charge is 2.35. The summed E-state index contributed by atoms with van der Waals surface area (Å²) in [6.07, 6.45) is 3.62. The minimum Gasteiger partial charge on any atom is -0.480 e. The van der Waals surface area contributed by atoms with Crippen molar-refractivity contribution in [3.8, 4) is 0 Å². The number of nitrogens with zero attached hydrogens (tertiary/aromatic N) is 4. The molecule has 12 heteroatoms. The van der Waals surface area contributed by atoms with Crippen molar-refractivity contribution in [2.24, 2.45) is 0 Å². The van der Waals surface area contributed by atoms with Gasteiger partial charge in [-0.15, -0.1) is 11.3 Å². The molecular formula is C22H18N4O4S4. The van der Waals surface area contributed by atoms with E-state index in [1.165, 1.54) is 15.9 Å². The molecule has 0 radical (unpaired) electrons. The first-order valence-corrected chi connectivity index (χ1v) is 13.0. The summed E-state index contributed by atoms with van der Waals surface area (Å²) in [6, 6.07) is 5.57. The molecule has 2 aliphatic rings. The zero-order valence-corrected chi connectivity index (χ0v) is 21.4. The van der Waals surface area contributed by atoms with Crippen molar-refractivity contribution in [2.45, 2.75) is 25.3 Å². The Morgan fingerprint density at radius 2 is 1.94 bits per heavy atom. The number of benzene rings is 1. The SMILES string of the molecule is [C-]#[N+]c1ccc2c(c1)N(CC)C(=CC=c1sc(=C3SC(=S)N(CC(=O)O)C3=O)n(CC)c1=O)S2. The highest BCUT2D eigenvalue weighted by Crippen LogP contribution is 2.47. The van der Waals surface area contributed by atoms with Crippen LogP contribution in [0.4, 0.5) is 11.4 Å². The van der Waals surface area contributed by atoms with E-state index in [0.717, 1.165) is 32.3 Å². The second-order valence-corrected chi connectivity index (χ2v) is 10.8. The van der Waals surface area contributed by atoms with Crippen LogP contribution in [0.25, 0.3) is 15.8 Å². The van der Waals surface area contributed by atoms with Crippen LogP contribution < -0.4 is 19.7 Å². The maximum absolute atomic E-state index is 13.1. The Bertz CT molecular complexity index is 1480. The molecule has 174 valence electrons. The molecule has 1 saturated heterocycles. The van der Waals surface area contributed by atoms with Gasteiger partial charge >= 0.3 is 5.97 Å². The number of carboxylic acid groups (broad SMARTS) is 1. The molecule has 1 aromatic carbocycles. The van der Waals surface area contributed by atoms with Gasteiger partial charge in [0.25, 0.3) is 11.5 Å². The molecule has 1 aromatic heterocycles. The maximum atomic E-state index is 13.1. The summed E-state index contributed by atoms with van der Waals surface area (Å²) in [5.74, 6) is -1.66. The number of carbonyl (C=O) groups is 2. The Morgan fingerprint density at radius 1 is 1.18 bits per heavy atom. The molecule has 0 saturated carbocycles. The maximum Gasteiger partial charge on any atom is 0.323 e. The van der Waals surface area contributed by atoms with Gasteiger partial charge in [-0.3, -0.25) is 23.9 Å². The van der Waals surface area contributed by atoms with Gasteiger partial charge in [-0.25, -0.2) is 4.85 Å². The van der Waals surface area contributed by atoms with Crippen LogP contribution in [0.3, 0.4) is 0 Å². The largest absolute Gasteiger partial charge is 0.480 e. The molecule has 1 fully saturated rings. The van der Waals surface area contributed by atoms with Gasteiger partial charge in [0.15, 0.2) is 5.69 Å². The van der Waals surface area contributed by atoms with Crippen molar-refractivity contribution in [1.29, 1.82) is 0 Å². The van der Waals surface area contributed by atoms with E-state index >= 15 is 0 Å². The van der Waals surface area contributed by atoms with Crippen LogP contribution >= 0.6 is 47.1 Å². The van der Waals surface area contributed by atoms with Crippen LogP contribution in [-0.2, 0) is 16.1 Å². The van der Waals surface area contributed by atoms with Gasteiger partial charge in [0.05, 0.1) is 16.1 Å². The van der Waals surface area contributed by atoms with E-state index in [4.69, 9.17) is 23.9 Å². The summed E-state index contributed by atoms with van der Waals surface area (Å²) in [5.41, 5.74) is 1.32. The average molecular weight is 531 g/mol. The third-order valence-electron chi connectivity index (χ3n) is 5.10. The molecule has 8 nitrogen and oxygen atoms in total. The van der Waals surface area contributed by atoms with E-state index in [9.17, 15) is 14.4 Å². The monoisotopic (exact) mass is 530 g/mol. The predicted octanol–water partition coefficient (Wildman–Crippen LogP) is 2.79. The van der Waals surface area contributed by atoms with E-state index in [0.29, 0.717) is 28.0 Å². The van der Waals surface area contributed by atoms with Crippen molar-refractivity contribution >= 4 is 85.6 Å². The Hall–Kier alpha value is -2.85. The second-order valence-electron chi connectivity index (χ2n) is 7.08. The van der Waals surface area contributed by atoms with Crippen molar-refractivity contribution in [1.82, 2.24) is 9.47 Å². The molecule has 4 rings (SSSR count). The van der Waals surface area contributed by atoms with Gasteiger partial charge < -0.3 is 10.0 Å². The first-order valence-electron chi connectivity index (χ1n) is 10.2. The Kier molecular flexibility index (Phi) is 6.99.